The van der Waals surface area contributed by atoms with Crippen LogP contribution in [0.15, 0.2) is 60.3 Å². The second-order valence-electron chi connectivity index (χ2n) is 8.33. The van der Waals surface area contributed by atoms with Crippen LogP contribution in [0.25, 0.3) is 11.4 Å². The first-order valence-corrected chi connectivity index (χ1v) is 11.0. The maximum Gasteiger partial charge on any atom is 0.234 e. The molecular formula is C24H27FN4OS. The van der Waals surface area contributed by atoms with Gasteiger partial charge in [0.05, 0.1) is 5.75 Å². The summed E-state index contributed by atoms with van der Waals surface area (Å²) in [5, 5.41) is 12.0. The number of anilines is 1. The van der Waals surface area contributed by atoms with Crippen LogP contribution in [0.1, 0.15) is 31.9 Å². The molecule has 0 unspecified atom stereocenters. The summed E-state index contributed by atoms with van der Waals surface area (Å²) < 4.78 is 15.6. The molecule has 0 aliphatic heterocycles. The Kier molecular flexibility index (Phi) is 6.95. The van der Waals surface area contributed by atoms with Gasteiger partial charge in [-0.25, -0.2) is 4.39 Å². The first kappa shape index (κ1) is 22.7. The summed E-state index contributed by atoms with van der Waals surface area (Å²) in [4.78, 5) is 12.3. The zero-order chi connectivity index (χ0) is 22.6. The fourth-order valence-electron chi connectivity index (χ4n) is 3.02. The number of nitrogens with zero attached hydrogens (tertiary/aromatic N) is 3. The molecule has 162 valence electrons. The molecule has 31 heavy (non-hydrogen) atoms. The molecule has 3 rings (SSSR count). The van der Waals surface area contributed by atoms with E-state index in [0.717, 1.165) is 11.4 Å². The van der Waals surface area contributed by atoms with Gasteiger partial charge in [0.2, 0.25) is 5.91 Å². The quantitative estimate of drug-likeness (QED) is 0.385. The molecule has 5 nitrogen and oxygen atoms in total. The van der Waals surface area contributed by atoms with Crippen molar-refractivity contribution in [1.82, 2.24) is 14.8 Å². The highest BCUT2D eigenvalue weighted by molar-refractivity contribution is 7.99. The van der Waals surface area contributed by atoms with Crippen LogP contribution in [0.2, 0.25) is 0 Å². The predicted molar refractivity (Wildman–Crippen MR) is 125 cm³/mol. The topological polar surface area (TPSA) is 59.8 Å². The lowest BCUT2D eigenvalue weighted by atomic mass is 9.87. The molecule has 1 amide bonds. The number of hydrogen-bond donors (Lipinski definition) is 1. The van der Waals surface area contributed by atoms with E-state index in [1.165, 1.54) is 23.4 Å². The maximum absolute atomic E-state index is 13.7. The third-order valence-corrected chi connectivity index (χ3v) is 5.79. The number of amides is 1. The van der Waals surface area contributed by atoms with Gasteiger partial charge < -0.3 is 5.32 Å². The van der Waals surface area contributed by atoms with Crippen LogP contribution in [0, 0.1) is 12.7 Å². The van der Waals surface area contributed by atoms with Gasteiger partial charge in [0.15, 0.2) is 11.0 Å². The van der Waals surface area contributed by atoms with E-state index >= 15 is 0 Å². The molecule has 1 N–H and O–H groups in total. The molecule has 0 saturated heterocycles. The fourth-order valence-corrected chi connectivity index (χ4v) is 3.77. The Morgan fingerprint density at radius 2 is 1.90 bits per heavy atom. The van der Waals surface area contributed by atoms with Crippen LogP contribution in [-0.2, 0) is 16.8 Å². The number of carbonyl (C=O) groups excluding carboxylic acids is 1. The number of nitrogens with one attached hydrogen (secondary N) is 1. The minimum absolute atomic E-state index is 0.0715. The molecule has 0 atom stereocenters. The summed E-state index contributed by atoms with van der Waals surface area (Å²) in [6, 6.07) is 12.9. The van der Waals surface area contributed by atoms with Crippen molar-refractivity contribution in [3.05, 3.63) is 72.1 Å². The number of thioether (sulfide) groups is 1. The van der Waals surface area contributed by atoms with Crippen LogP contribution >= 0.6 is 11.8 Å². The summed E-state index contributed by atoms with van der Waals surface area (Å²) >= 11 is 1.28. The van der Waals surface area contributed by atoms with Gasteiger partial charge in [-0.2, -0.15) is 0 Å². The van der Waals surface area contributed by atoms with Crippen molar-refractivity contribution in [3.63, 3.8) is 0 Å². The van der Waals surface area contributed by atoms with Crippen molar-refractivity contribution in [1.29, 1.82) is 0 Å². The molecule has 0 aliphatic rings. The SMILES string of the molecule is C=CCn1c(SCC(=O)Nc2ccc(C)c(F)c2)nnc1-c1ccc(C(C)(C)C)cc1. The van der Waals surface area contributed by atoms with Crippen molar-refractivity contribution in [3.8, 4) is 11.4 Å². The number of hydrogen-bond acceptors (Lipinski definition) is 4. The third kappa shape index (κ3) is 5.61. The number of carbonyl (C=O) groups is 1. The maximum atomic E-state index is 13.7. The van der Waals surface area contributed by atoms with E-state index in [9.17, 15) is 9.18 Å². The highest BCUT2D eigenvalue weighted by atomic mass is 32.2. The van der Waals surface area contributed by atoms with Gasteiger partial charge in [0, 0.05) is 17.8 Å². The number of benzene rings is 2. The van der Waals surface area contributed by atoms with E-state index in [1.807, 2.05) is 16.7 Å². The van der Waals surface area contributed by atoms with Crippen LogP contribution in [0.4, 0.5) is 10.1 Å². The van der Waals surface area contributed by atoms with E-state index in [4.69, 9.17) is 0 Å². The summed E-state index contributed by atoms with van der Waals surface area (Å²) in [6.07, 6.45) is 1.77. The summed E-state index contributed by atoms with van der Waals surface area (Å²) in [6.45, 7) is 12.5. The predicted octanol–water partition coefficient (Wildman–Crippen LogP) is 5.61. The van der Waals surface area contributed by atoms with Crippen molar-refractivity contribution >= 4 is 23.4 Å². The molecule has 0 bridgehead atoms. The first-order valence-electron chi connectivity index (χ1n) is 10.0. The fraction of sp³-hybridized carbons (Fsp3) is 0.292. The Morgan fingerprint density at radius 1 is 1.19 bits per heavy atom. The Morgan fingerprint density at radius 3 is 2.52 bits per heavy atom. The smallest absolute Gasteiger partial charge is 0.234 e. The minimum atomic E-state index is -0.349. The van der Waals surface area contributed by atoms with E-state index in [2.05, 4.69) is 55.0 Å². The van der Waals surface area contributed by atoms with Crippen molar-refractivity contribution in [2.75, 3.05) is 11.1 Å². The van der Waals surface area contributed by atoms with E-state index < -0.39 is 0 Å². The molecule has 1 heterocycles. The highest BCUT2D eigenvalue weighted by Crippen LogP contribution is 2.28. The Hall–Kier alpha value is -2.93. The van der Waals surface area contributed by atoms with Gasteiger partial charge in [0.25, 0.3) is 0 Å². The second-order valence-corrected chi connectivity index (χ2v) is 9.28. The Balaban J connectivity index is 1.73. The third-order valence-electron chi connectivity index (χ3n) is 4.83. The van der Waals surface area contributed by atoms with Gasteiger partial charge >= 0.3 is 0 Å². The van der Waals surface area contributed by atoms with Crippen LogP contribution in [0.3, 0.4) is 0 Å². The van der Waals surface area contributed by atoms with E-state index in [1.54, 1.807) is 25.1 Å². The largest absolute Gasteiger partial charge is 0.325 e. The van der Waals surface area contributed by atoms with Crippen molar-refractivity contribution in [2.45, 2.75) is 44.8 Å². The lowest BCUT2D eigenvalue weighted by molar-refractivity contribution is -0.113. The average molecular weight is 439 g/mol. The van der Waals surface area contributed by atoms with E-state index in [0.29, 0.717) is 23.0 Å². The molecule has 0 aliphatic carbocycles. The molecule has 1 aromatic heterocycles. The molecule has 0 radical (unpaired) electrons. The molecule has 0 fully saturated rings. The zero-order valence-corrected chi connectivity index (χ0v) is 19.1. The summed E-state index contributed by atoms with van der Waals surface area (Å²) in [5.74, 6) is 0.271. The van der Waals surface area contributed by atoms with Crippen molar-refractivity contribution in [2.24, 2.45) is 0 Å². The van der Waals surface area contributed by atoms with Gasteiger partial charge in [-0.15, -0.1) is 16.8 Å². The number of allylic oxidation sites excluding steroid dienone is 1. The highest BCUT2D eigenvalue weighted by Gasteiger charge is 2.17. The van der Waals surface area contributed by atoms with Crippen LogP contribution < -0.4 is 5.32 Å². The first-order chi connectivity index (χ1) is 14.7. The van der Waals surface area contributed by atoms with E-state index in [-0.39, 0.29) is 22.9 Å². The second kappa shape index (κ2) is 9.47. The number of halogens is 1. The minimum Gasteiger partial charge on any atom is -0.325 e. The molecule has 2 aromatic carbocycles. The van der Waals surface area contributed by atoms with Gasteiger partial charge in [-0.05, 0) is 35.6 Å². The molecule has 0 saturated carbocycles. The monoisotopic (exact) mass is 438 g/mol. The molecule has 0 spiro atoms. The number of rotatable bonds is 7. The van der Waals surface area contributed by atoms with Gasteiger partial charge in [-0.1, -0.05) is 68.9 Å². The normalized spacial score (nSPS) is 11.4. The number of aryl methyl sites for hydroxylation is 1. The average Bonchev–Trinajstić information content (AvgIpc) is 3.11. The van der Waals surface area contributed by atoms with Gasteiger partial charge in [0.1, 0.15) is 5.82 Å². The zero-order valence-electron chi connectivity index (χ0n) is 18.3. The summed E-state index contributed by atoms with van der Waals surface area (Å²) in [5.41, 5.74) is 3.23. The van der Waals surface area contributed by atoms with Gasteiger partial charge in [-0.3, -0.25) is 9.36 Å². The molecule has 3 aromatic rings. The lowest BCUT2D eigenvalue weighted by Gasteiger charge is -2.19. The number of aromatic nitrogens is 3. The van der Waals surface area contributed by atoms with Crippen LogP contribution in [0.5, 0.6) is 0 Å². The Bertz CT molecular complexity index is 1080. The van der Waals surface area contributed by atoms with Crippen molar-refractivity contribution < 1.29 is 9.18 Å². The Labute approximate surface area is 186 Å². The lowest BCUT2D eigenvalue weighted by Crippen LogP contribution is -2.15. The van der Waals surface area contributed by atoms with Crippen LogP contribution in [-0.4, -0.2) is 26.4 Å². The summed E-state index contributed by atoms with van der Waals surface area (Å²) in [7, 11) is 0. The standard InChI is InChI=1S/C24H27FN4OS/c1-6-13-29-22(17-8-10-18(11-9-17)24(3,4)5)27-28-23(29)31-15-21(30)26-19-12-7-16(2)20(25)14-19/h6-12,14H,1,13,15H2,2-5H3,(H,26,30). The molecular weight excluding hydrogens is 411 g/mol. The molecule has 7 heteroatoms.